The predicted molar refractivity (Wildman–Crippen MR) is 115 cm³/mol. The summed E-state index contributed by atoms with van der Waals surface area (Å²) in [6.07, 6.45) is 7.11. The van der Waals surface area contributed by atoms with Gasteiger partial charge in [0.2, 0.25) is 0 Å². The van der Waals surface area contributed by atoms with Gasteiger partial charge in [-0.05, 0) is 30.5 Å². The molecule has 4 rings (SSSR count). The van der Waals surface area contributed by atoms with Crippen LogP contribution in [-0.2, 0) is 6.42 Å². The van der Waals surface area contributed by atoms with Crippen LogP contribution in [0, 0.1) is 0 Å². The monoisotopic (exact) mass is 384 g/mol. The molecule has 2 N–H and O–H groups in total. The molecule has 146 valence electrons. The zero-order valence-corrected chi connectivity index (χ0v) is 16.6. The molecule has 0 spiro atoms. The first-order valence-corrected chi connectivity index (χ1v) is 9.92. The second-order valence-electron chi connectivity index (χ2n) is 6.81. The number of rotatable bonds is 7. The average molecular weight is 384 g/mol. The van der Waals surface area contributed by atoms with E-state index in [1.165, 1.54) is 0 Å². The number of aryl methyl sites for hydroxylation is 1. The SMILES string of the molecule is CCc1cc(NC(CC)c2ncc(-c3ccccc3)[nH]2)nc(-c2ccncc2)n1. The summed E-state index contributed by atoms with van der Waals surface area (Å²) in [7, 11) is 0. The first-order valence-electron chi connectivity index (χ1n) is 9.92. The van der Waals surface area contributed by atoms with Gasteiger partial charge < -0.3 is 10.3 Å². The van der Waals surface area contributed by atoms with E-state index in [2.05, 4.69) is 51.2 Å². The second kappa shape index (κ2) is 8.65. The minimum absolute atomic E-state index is 0.0253. The number of hydrogen-bond donors (Lipinski definition) is 2. The van der Waals surface area contributed by atoms with Crippen molar-refractivity contribution < 1.29 is 0 Å². The number of anilines is 1. The summed E-state index contributed by atoms with van der Waals surface area (Å²) in [5.74, 6) is 2.40. The van der Waals surface area contributed by atoms with Crippen LogP contribution in [0.15, 0.2) is 67.1 Å². The number of hydrogen-bond acceptors (Lipinski definition) is 5. The molecule has 4 aromatic rings. The highest BCUT2D eigenvalue weighted by atomic mass is 15.1. The van der Waals surface area contributed by atoms with E-state index in [1.54, 1.807) is 12.4 Å². The minimum Gasteiger partial charge on any atom is -0.360 e. The van der Waals surface area contributed by atoms with Gasteiger partial charge in [0.1, 0.15) is 11.6 Å². The van der Waals surface area contributed by atoms with Crippen molar-refractivity contribution in [3.63, 3.8) is 0 Å². The van der Waals surface area contributed by atoms with Gasteiger partial charge >= 0.3 is 0 Å². The Hall–Kier alpha value is -3.54. The Morgan fingerprint density at radius 1 is 0.966 bits per heavy atom. The highest BCUT2D eigenvalue weighted by Gasteiger charge is 2.16. The number of H-pyrrole nitrogens is 1. The maximum Gasteiger partial charge on any atom is 0.161 e. The van der Waals surface area contributed by atoms with E-state index in [9.17, 15) is 0 Å². The van der Waals surface area contributed by atoms with Crippen LogP contribution in [0.2, 0.25) is 0 Å². The maximum absolute atomic E-state index is 4.74. The molecule has 0 aliphatic heterocycles. The highest BCUT2D eigenvalue weighted by Crippen LogP contribution is 2.25. The fourth-order valence-electron chi connectivity index (χ4n) is 3.20. The predicted octanol–water partition coefficient (Wildman–Crippen LogP) is 5.05. The van der Waals surface area contributed by atoms with E-state index in [4.69, 9.17) is 4.98 Å². The van der Waals surface area contributed by atoms with E-state index in [-0.39, 0.29) is 6.04 Å². The van der Waals surface area contributed by atoms with Gasteiger partial charge in [0.05, 0.1) is 17.9 Å². The van der Waals surface area contributed by atoms with Crippen LogP contribution in [0.25, 0.3) is 22.6 Å². The Kier molecular flexibility index (Phi) is 5.61. The quantitative estimate of drug-likeness (QED) is 0.466. The van der Waals surface area contributed by atoms with Gasteiger partial charge in [-0.3, -0.25) is 4.98 Å². The van der Waals surface area contributed by atoms with Gasteiger partial charge in [0.15, 0.2) is 5.82 Å². The Morgan fingerprint density at radius 3 is 2.48 bits per heavy atom. The Labute approximate surface area is 170 Å². The van der Waals surface area contributed by atoms with Crippen molar-refractivity contribution in [2.45, 2.75) is 32.7 Å². The normalized spacial score (nSPS) is 11.9. The zero-order chi connectivity index (χ0) is 20.1. The lowest BCUT2D eigenvalue weighted by atomic mass is 10.2. The van der Waals surface area contributed by atoms with Gasteiger partial charge in [0, 0.05) is 29.7 Å². The third-order valence-corrected chi connectivity index (χ3v) is 4.82. The van der Waals surface area contributed by atoms with Crippen molar-refractivity contribution in [3.05, 3.63) is 78.6 Å². The number of imidazole rings is 1. The van der Waals surface area contributed by atoms with Crippen molar-refractivity contribution in [1.29, 1.82) is 0 Å². The second-order valence-corrected chi connectivity index (χ2v) is 6.81. The van der Waals surface area contributed by atoms with Gasteiger partial charge in [-0.25, -0.2) is 15.0 Å². The molecule has 3 heterocycles. The first kappa shape index (κ1) is 18.8. The molecular weight excluding hydrogens is 360 g/mol. The number of benzene rings is 1. The van der Waals surface area contributed by atoms with Gasteiger partial charge in [-0.15, -0.1) is 0 Å². The number of nitrogens with one attached hydrogen (secondary N) is 2. The lowest BCUT2D eigenvalue weighted by Crippen LogP contribution is -2.13. The van der Waals surface area contributed by atoms with E-state index < -0.39 is 0 Å². The van der Waals surface area contributed by atoms with Crippen molar-refractivity contribution in [3.8, 4) is 22.6 Å². The number of pyridine rings is 1. The lowest BCUT2D eigenvalue weighted by Gasteiger charge is -2.17. The molecule has 1 unspecified atom stereocenters. The zero-order valence-electron chi connectivity index (χ0n) is 16.6. The molecule has 0 radical (unpaired) electrons. The fourth-order valence-corrected chi connectivity index (χ4v) is 3.20. The molecule has 0 aliphatic carbocycles. The summed E-state index contributed by atoms with van der Waals surface area (Å²) in [6, 6.07) is 16.1. The highest BCUT2D eigenvalue weighted by molar-refractivity contribution is 5.59. The van der Waals surface area contributed by atoms with Crippen LogP contribution >= 0.6 is 0 Å². The number of aromatic nitrogens is 5. The van der Waals surface area contributed by atoms with E-state index in [1.807, 2.05) is 42.6 Å². The van der Waals surface area contributed by atoms with Crippen LogP contribution < -0.4 is 5.32 Å². The van der Waals surface area contributed by atoms with E-state index in [0.29, 0.717) is 5.82 Å². The molecule has 0 bridgehead atoms. The largest absolute Gasteiger partial charge is 0.360 e. The molecule has 0 fully saturated rings. The van der Waals surface area contributed by atoms with E-state index in [0.717, 1.165) is 47.0 Å². The lowest BCUT2D eigenvalue weighted by molar-refractivity contribution is 0.700. The molecule has 6 nitrogen and oxygen atoms in total. The van der Waals surface area contributed by atoms with Crippen molar-refractivity contribution >= 4 is 5.82 Å². The molecule has 0 aliphatic rings. The van der Waals surface area contributed by atoms with Crippen molar-refractivity contribution in [1.82, 2.24) is 24.9 Å². The molecular formula is C23H24N6. The van der Waals surface area contributed by atoms with Crippen molar-refractivity contribution in [2.75, 3.05) is 5.32 Å². The summed E-state index contributed by atoms with van der Waals surface area (Å²) in [5, 5.41) is 3.53. The number of nitrogens with zero attached hydrogens (tertiary/aromatic N) is 4. The van der Waals surface area contributed by atoms with Crippen LogP contribution in [0.5, 0.6) is 0 Å². The van der Waals surface area contributed by atoms with Gasteiger partial charge in [-0.2, -0.15) is 0 Å². The Balaban J connectivity index is 1.61. The summed E-state index contributed by atoms with van der Waals surface area (Å²) in [6.45, 7) is 4.23. The summed E-state index contributed by atoms with van der Waals surface area (Å²) >= 11 is 0. The van der Waals surface area contributed by atoms with Crippen molar-refractivity contribution in [2.24, 2.45) is 0 Å². The Morgan fingerprint density at radius 2 is 1.76 bits per heavy atom. The summed E-state index contributed by atoms with van der Waals surface area (Å²) in [5.41, 5.74) is 4.08. The molecule has 29 heavy (non-hydrogen) atoms. The summed E-state index contributed by atoms with van der Waals surface area (Å²) < 4.78 is 0. The van der Waals surface area contributed by atoms with Crippen LogP contribution in [0.4, 0.5) is 5.82 Å². The van der Waals surface area contributed by atoms with Crippen LogP contribution in [0.1, 0.15) is 37.8 Å². The maximum atomic E-state index is 4.74. The standard InChI is InChI=1S/C23H24N6/c1-3-18-14-21(29-22(26-18)17-10-12-24-13-11-17)27-19(4-2)23-25-15-20(28-23)16-8-6-5-7-9-16/h5-15,19H,3-4H2,1-2H3,(H,25,28)(H,26,27,29). The van der Waals surface area contributed by atoms with Gasteiger partial charge in [-0.1, -0.05) is 44.2 Å². The van der Waals surface area contributed by atoms with Crippen LogP contribution in [0.3, 0.4) is 0 Å². The molecule has 3 aromatic heterocycles. The molecule has 0 saturated heterocycles. The van der Waals surface area contributed by atoms with E-state index >= 15 is 0 Å². The molecule has 0 amide bonds. The average Bonchev–Trinajstić information content (AvgIpc) is 3.28. The molecule has 0 saturated carbocycles. The molecule has 1 atom stereocenters. The number of aromatic amines is 1. The first-order chi connectivity index (χ1) is 14.3. The van der Waals surface area contributed by atoms with Gasteiger partial charge in [0.25, 0.3) is 0 Å². The molecule has 6 heteroatoms. The topological polar surface area (TPSA) is 79.4 Å². The third-order valence-electron chi connectivity index (χ3n) is 4.82. The smallest absolute Gasteiger partial charge is 0.161 e. The molecule has 1 aromatic carbocycles. The Bertz CT molecular complexity index is 1060. The summed E-state index contributed by atoms with van der Waals surface area (Å²) in [4.78, 5) is 21.6. The third kappa shape index (κ3) is 4.32. The fraction of sp³-hybridized carbons (Fsp3) is 0.217. The van der Waals surface area contributed by atoms with Crippen LogP contribution in [-0.4, -0.2) is 24.9 Å². The minimum atomic E-state index is 0.0253.